The third-order valence-corrected chi connectivity index (χ3v) is 9.03. The molecule has 0 bridgehead atoms. The monoisotopic (exact) mass is 606 g/mol. The first-order valence-electron chi connectivity index (χ1n) is 14.6. The van der Waals surface area contributed by atoms with E-state index in [1.165, 1.54) is 7.11 Å². The molecule has 0 aromatic heterocycles. The topological polar surface area (TPSA) is 119 Å². The van der Waals surface area contributed by atoms with Gasteiger partial charge in [0.05, 0.1) is 40.5 Å². The molecule has 0 saturated carbocycles. The molecule has 4 atom stereocenters. The van der Waals surface area contributed by atoms with Crippen molar-refractivity contribution in [1.82, 2.24) is 4.90 Å². The number of rotatable bonds is 8. The van der Waals surface area contributed by atoms with Crippen molar-refractivity contribution >= 4 is 11.6 Å². The molecular weight excluding hydrogens is 568 g/mol. The van der Waals surface area contributed by atoms with Crippen LogP contribution in [0.15, 0.2) is 48.5 Å². The largest absolute Gasteiger partial charge is 0.497 e. The summed E-state index contributed by atoms with van der Waals surface area (Å²) in [4.78, 5) is 18.6. The SMILES string of the molecule is COc1ccc(N2CCN(C(=O)[C@@H]3[C@H](c4cc(OC)c(OC)c(OC)c4)c4cc5c(cc4[C@H](O)[C@H]3CO)OCO5)CC2)cc1. The van der Waals surface area contributed by atoms with Crippen LogP contribution in [0.1, 0.15) is 28.7 Å². The van der Waals surface area contributed by atoms with Crippen molar-refractivity contribution in [1.29, 1.82) is 0 Å². The zero-order chi connectivity index (χ0) is 31.0. The number of anilines is 1. The Kier molecular flexibility index (Phi) is 8.33. The standard InChI is InChI=1S/C33H38N2O9/c1-39-21-7-5-20(6-8-21)34-9-11-35(12-10-34)33(38)30-24(17-36)31(37)23-16-26-25(43-18-44-26)15-22(23)29(30)19-13-27(40-2)32(42-4)28(14-19)41-3/h5-8,13-16,24,29-31,36-37H,9-12,17-18H2,1-4H3/t24-,29+,30-,31-/m0/s1. The Morgan fingerprint density at radius 2 is 1.45 bits per heavy atom. The summed E-state index contributed by atoms with van der Waals surface area (Å²) < 4.78 is 33.5. The molecule has 11 heteroatoms. The Labute approximate surface area is 256 Å². The van der Waals surface area contributed by atoms with Crippen LogP contribution in [0.3, 0.4) is 0 Å². The maximum Gasteiger partial charge on any atom is 0.231 e. The minimum absolute atomic E-state index is 0.0629. The summed E-state index contributed by atoms with van der Waals surface area (Å²) in [6, 6.07) is 15.1. The molecule has 6 rings (SSSR count). The molecule has 2 aliphatic heterocycles. The fourth-order valence-corrected chi connectivity index (χ4v) is 6.76. The van der Waals surface area contributed by atoms with Gasteiger partial charge in [-0.3, -0.25) is 4.79 Å². The van der Waals surface area contributed by atoms with Crippen molar-refractivity contribution in [3.63, 3.8) is 0 Å². The van der Waals surface area contributed by atoms with Gasteiger partial charge in [-0.05, 0) is 65.2 Å². The Morgan fingerprint density at radius 1 is 0.841 bits per heavy atom. The van der Waals surface area contributed by atoms with Gasteiger partial charge in [-0.2, -0.15) is 0 Å². The van der Waals surface area contributed by atoms with Crippen LogP contribution in [-0.2, 0) is 4.79 Å². The van der Waals surface area contributed by atoms with E-state index in [1.807, 2.05) is 47.4 Å². The fraction of sp³-hybridized carbons (Fsp3) is 0.424. The van der Waals surface area contributed by atoms with Crippen LogP contribution in [0, 0.1) is 11.8 Å². The first-order valence-corrected chi connectivity index (χ1v) is 14.6. The molecule has 0 radical (unpaired) electrons. The van der Waals surface area contributed by atoms with Crippen LogP contribution < -0.4 is 33.3 Å². The van der Waals surface area contributed by atoms with Crippen molar-refractivity contribution in [3.05, 3.63) is 65.2 Å². The van der Waals surface area contributed by atoms with Gasteiger partial charge >= 0.3 is 0 Å². The average molecular weight is 607 g/mol. The van der Waals surface area contributed by atoms with Crippen molar-refractivity contribution in [2.45, 2.75) is 12.0 Å². The van der Waals surface area contributed by atoms with Gasteiger partial charge in [-0.25, -0.2) is 0 Å². The third-order valence-electron chi connectivity index (χ3n) is 9.03. The van der Waals surface area contributed by atoms with Crippen molar-refractivity contribution in [3.8, 4) is 34.5 Å². The fourth-order valence-electron chi connectivity index (χ4n) is 6.76. The molecule has 1 aliphatic carbocycles. The van der Waals surface area contributed by atoms with Crippen LogP contribution >= 0.6 is 0 Å². The third kappa shape index (κ3) is 5.09. The summed E-state index contributed by atoms with van der Waals surface area (Å²) in [6.07, 6.45) is -1.10. The smallest absolute Gasteiger partial charge is 0.231 e. The van der Waals surface area contributed by atoms with Crippen molar-refractivity contribution in [2.24, 2.45) is 11.8 Å². The Bertz CT molecular complexity index is 1480. The summed E-state index contributed by atoms with van der Waals surface area (Å²) >= 11 is 0. The number of piperazine rings is 1. The van der Waals surface area contributed by atoms with Crippen LogP contribution in [0.5, 0.6) is 34.5 Å². The van der Waals surface area contributed by atoms with Crippen LogP contribution in [-0.4, -0.2) is 89.0 Å². The van der Waals surface area contributed by atoms with E-state index in [1.54, 1.807) is 27.4 Å². The highest BCUT2D eigenvalue weighted by Gasteiger charge is 2.49. The lowest BCUT2D eigenvalue weighted by Gasteiger charge is -2.45. The molecule has 0 unspecified atom stereocenters. The van der Waals surface area contributed by atoms with E-state index in [2.05, 4.69) is 4.90 Å². The van der Waals surface area contributed by atoms with Gasteiger partial charge < -0.3 is 48.4 Å². The number of aliphatic hydroxyl groups is 2. The second-order valence-corrected chi connectivity index (χ2v) is 11.1. The molecule has 2 heterocycles. The van der Waals surface area contributed by atoms with E-state index in [9.17, 15) is 15.0 Å². The van der Waals surface area contributed by atoms with E-state index in [-0.39, 0.29) is 12.7 Å². The second kappa shape index (κ2) is 12.3. The molecular formula is C33H38N2O9. The number of fused-ring (bicyclic) bond motifs is 2. The predicted octanol–water partition coefficient (Wildman–Crippen LogP) is 3.20. The van der Waals surface area contributed by atoms with Gasteiger partial charge in [0, 0.05) is 50.3 Å². The van der Waals surface area contributed by atoms with Gasteiger partial charge in [-0.15, -0.1) is 0 Å². The number of hydrogen-bond acceptors (Lipinski definition) is 10. The highest BCUT2D eigenvalue weighted by Crippen LogP contribution is 2.54. The van der Waals surface area contributed by atoms with Crippen LogP contribution in [0.25, 0.3) is 0 Å². The quantitative estimate of drug-likeness (QED) is 0.396. The summed E-state index contributed by atoms with van der Waals surface area (Å²) in [7, 11) is 6.25. The number of amides is 1. The molecule has 2 N–H and O–H groups in total. The summed E-state index contributed by atoms with van der Waals surface area (Å²) in [6.45, 7) is 1.94. The molecule has 3 aromatic carbocycles. The number of ether oxygens (including phenoxy) is 6. The van der Waals surface area contributed by atoms with E-state index in [0.717, 1.165) is 22.6 Å². The lowest BCUT2D eigenvalue weighted by atomic mass is 9.64. The number of hydrogen-bond donors (Lipinski definition) is 2. The predicted molar refractivity (Wildman–Crippen MR) is 161 cm³/mol. The minimum Gasteiger partial charge on any atom is -0.497 e. The van der Waals surface area contributed by atoms with E-state index >= 15 is 0 Å². The summed E-state index contributed by atoms with van der Waals surface area (Å²) in [5, 5.41) is 22.3. The lowest BCUT2D eigenvalue weighted by Crippen LogP contribution is -2.53. The molecule has 3 aliphatic rings. The maximum absolute atomic E-state index is 14.6. The zero-order valence-electron chi connectivity index (χ0n) is 25.3. The van der Waals surface area contributed by atoms with Gasteiger partial charge in [-0.1, -0.05) is 0 Å². The van der Waals surface area contributed by atoms with Crippen molar-refractivity contribution < 1.29 is 43.4 Å². The number of aliphatic hydroxyl groups excluding tert-OH is 2. The summed E-state index contributed by atoms with van der Waals surface area (Å²) in [5.41, 5.74) is 3.08. The second-order valence-electron chi connectivity index (χ2n) is 11.1. The minimum atomic E-state index is -1.10. The Morgan fingerprint density at radius 3 is 2.00 bits per heavy atom. The van der Waals surface area contributed by atoms with E-state index in [0.29, 0.717) is 60.5 Å². The molecule has 11 nitrogen and oxygen atoms in total. The average Bonchev–Trinajstić information content (AvgIpc) is 3.54. The van der Waals surface area contributed by atoms with Crippen molar-refractivity contribution in [2.75, 3.05) is 72.9 Å². The number of nitrogens with zero attached hydrogens (tertiary/aromatic N) is 2. The van der Waals surface area contributed by atoms with Gasteiger partial charge in [0.25, 0.3) is 0 Å². The van der Waals surface area contributed by atoms with E-state index < -0.39 is 30.5 Å². The molecule has 1 saturated heterocycles. The first kappa shape index (κ1) is 29.7. The van der Waals surface area contributed by atoms with E-state index in [4.69, 9.17) is 28.4 Å². The van der Waals surface area contributed by atoms with Crippen LogP contribution in [0.4, 0.5) is 5.69 Å². The van der Waals surface area contributed by atoms with Gasteiger partial charge in [0.2, 0.25) is 18.4 Å². The summed E-state index contributed by atoms with van der Waals surface area (Å²) in [5.74, 6) is 0.867. The number of carbonyl (C=O) groups is 1. The number of carbonyl (C=O) groups excluding carboxylic acids is 1. The molecule has 1 amide bonds. The highest BCUT2D eigenvalue weighted by molar-refractivity contribution is 5.82. The maximum atomic E-state index is 14.6. The molecule has 3 aromatic rings. The normalized spacial score (nSPS) is 22.3. The first-order chi connectivity index (χ1) is 21.4. The zero-order valence-corrected chi connectivity index (χ0v) is 25.3. The highest BCUT2D eigenvalue weighted by atomic mass is 16.7. The molecule has 44 heavy (non-hydrogen) atoms. The van der Waals surface area contributed by atoms with Gasteiger partial charge in [0.15, 0.2) is 23.0 Å². The lowest BCUT2D eigenvalue weighted by molar-refractivity contribution is -0.142. The molecule has 1 fully saturated rings. The number of methoxy groups -OCH3 is 4. The molecule has 234 valence electrons. The Hall–Kier alpha value is -4.35. The molecule has 0 spiro atoms. The van der Waals surface area contributed by atoms with Crippen LogP contribution in [0.2, 0.25) is 0 Å². The van der Waals surface area contributed by atoms with Gasteiger partial charge in [0.1, 0.15) is 5.75 Å². The Balaban J connectivity index is 1.40. The number of benzene rings is 3.